The van der Waals surface area contributed by atoms with Crippen molar-refractivity contribution in [2.24, 2.45) is 17.8 Å². The summed E-state index contributed by atoms with van der Waals surface area (Å²) in [5.74, 6) is 2.38. The lowest BCUT2D eigenvalue weighted by Crippen LogP contribution is -2.46. The summed E-state index contributed by atoms with van der Waals surface area (Å²) in [6.45, 7) is 12.5. The maximum absolute atomic E-state index is 12.4. The van der Waals surface area contributed by atoms with Crippen LogP contribution in [0, 0.1) is 17.8 Å². The fourth-order valence-corrected chi connectivity index (χ4v) is 4.43. The SMILES string of the molecule is CC1(C)OB(C2CCN(C(=O)NCC3C4COCC34)CC2)OC1(C)C. The zero-order valence-corrected chi connectivity index (χ0v) is 15.9. The molecular formula is C18H31BN2O4. The highest BCUT2D eigenvalue weighted by Gasteiger charge is 2.55. The molecule has 3 saturated heterocycles. The Morgan fingerprint density at radius 3 is 2.20 bits per heavy atom. The zero-order valence-electron chi connectivity index (χ0n) is 15.9. The van der Waals surface area contributed by atoms with Crippen molar-refractivity contribution < 1.29 is 18.8 Å². The van der Waals surface area contributed by atoms with E-state index in [4.69, 9.17) is 14.0 Å². The maximum Gasteiger partial charge on any atom is 0.461 e. The fourth-order valence-electron chi connectivity index (χ4n) is 4.43. The van der Waals surface area contributed by atoms with Gasteiger partial charge in [0, 0.05) is 19.6 Å². The van der Waals surface area contributed by atoms with Crippen LogP contribution in [0.3, 0.4) is 0 Å². The molecule has 0 aromatic carbocycles. The Bertz CT molecular complexity index is 507. The van der Waals surface area contributed by atoms with Crippen molar-refractivity contribution in [3.8, 4) is 0 Å². The van der Waals surface area contributed by atoms with Gasteiger partial charge >= 0.3 is 13.1 Å². The second-order valence-electron chi connectivity index (χ2n) is 9.16. The van der Waals surface area contributed by atoms with Crippen LogP contribution in [0.15, 0.2) is 0 Å². The number of carbonyl (C=O) groups excluding carboxylic acids is 1. The zero-order chi connectivity index (χ0) is 17.8. The van der Waals surface area contributed by atoms with Gasteiger partial charge < -0.3 is 24.3 Å². The monoisotopic (exact) mass is 350 g/mol. The van der Waals surface area contributed by atoms with Crippen molar-refractivity contribution in [2.75, 3.05) is 32.8 Å². The van der Waals surface area contributed by atoms with Gasteiger partial charge in [-0.1, -0.05) is 0 Å². The standard InChI is InChI=1S/C18H31BN2O4/c1-17(2)18(3,4)25-19(24-17)12-5-7-21(8-6-12)16(22)20-9-13-14-10-23-11-15(13)14/h12-15H,5-11H2,1-4H3,(H,20,22). The predicted octanol–water partition coefficient (Wildman–Crippen LogP) is 2.15. The Morgan fingerprint density at radius 1 is 1.08 bits per heavy atom. The van der Waals surface area contributed by atoms with Crippen molar-refractivity contribution in [1.29, 1.82) is 0 Å². The minimum atomic E-state index is -0.280. The second-order valence-corrected chi connectivity index (χ2v) is 9.16. The van der Waals surface area contributed by atoms with Crippen molar-refractivity contribution in [3.63, 3.8) is 0 Å². The van der Waals surface area contributed by atoms with Gasteiger partial charge in [-0.05, 0) is 64.1 Å². The van der Waals surface area contributed by atoms with Gasteiger partial charge in [0.05, 0.1) is 24.4 Å². The molecule has 0 bridgehead atoms. The Balaban J connectivity index is 1.21. The van der Waals surface area contributed by atoms with Crippen molar-refractivity contribution in [2.45, 2.75) is 57.6 Å². The smallest absolute Gasteiger partial charge is 0.403 e. The van der Waals surface area contributed by atoms with E-state index in [1.807, 2.05) is 4.90 Å². The van der Waals surface area contributed by atoms with Gasteiger partial charge in [-0.15, -0.1) is 0 Å². The number of amides is 2. The number of carbonyl (C=O) groups is 1. The van der Waals surface area contributed by atoms with Gasteiger partial charge in [-0.3, -0.25) is 0 Å². The van der Waals surface area contributed by atoms with Gasteiger partial charge in [0.25, 0.3) is 0 Å². The van der Waals surface area contributed by atoms with Crippen LogP contribution in [0.2, 0.25) is 5.82 Å². The molecule has 4 aliphatic rings. The van der Waals surface area contributed by atoms with Crippen LogP contribution in [0.1, 0.15) is 40.5 Å². The largest absolute Gasteiger partial charge is 0.461 e. The summed E-state index contributed by atoms with van der Waals surface area (Å²) >= 11 is 0. The fraction of sp³-hybridized carbons (Fsp3) is 0.944. The molecule has 25 heavy (non-hydrogen) atoms. The summed E-state index contributed by atoms with van der Waals surface area (Å²) in [6, 6.07) is 0.0817. The van der Waals surface area contributed by atoms with E-state index in [2.05, 4.69) is 33.0 Å². The Hall–Kier alpha value is -0.785. The molecule has 3 heterocycles. The van der Waals surface area contributed by atoms with E-state index in [-0.39, 0.29) is 24.4 Å². The van der Waals surface area contributed by atoms with Crippen LogP contribution in [0.25, 0.3) is 0 Å². The summed E-state index contributed by atoms with van der Waals surface area (Å²) in [7, 11) is -0.152. The van der Waals surface area contributed by atoms with Crippen molar-refractivity contribution in [1.82, 2.24) is 10.2 Å². The lowest BCUT2D eigenvalue weighted by Gasteiger charge is -2.32. The number of nitrogens with zero attached hydrogens (tertiary/aromatic N) is 1. The first-order valence-electron chi connectivity index (χ1n) is 9.75. The molecule has 0 aromatic rings. The summed E-state index contributed by atoms with van der Waals surface area (Å²) in [6.07, 6.45) is 1.87. The summed E-state index contributed by atoms with van der Waals surface area (Å²) in [5, 5.41) is 3.12. The van der Waals surface area contributed by atoms with Gasteiger partial charge in [-0.2, -0.15) is 0 Å². The lowest BCUT2D eigenvalue weighted by atomic mass is 9.67. The molecule has 3 aliphatic heterocycles. The minimum Gasteiger partial charge on any atom is -0.403 e. The van der Waals surface area contributed by atoms with E-state index in [1.165, 1.54) is 0 Å². The number of piperidine rings is 1. The molecule has 0 radical (unpaired) electrons. The molecule has 1 aliphatic carbocycles. The number of hydrogen-bond acceptors (Lipinski definition) is 4. The van der Waals surface area contributed by atoms with Crippen molar-refractivity contribution in [3.05, 3.63) is 0 Å². The van der Waals surface area contributed by atoms with Crippen LogP contribution < -0.4 is 5.32 Å². The normalized spacial score (nSPS) is 36.4. The van der Waals surface area contributed by atoms with Gasteiger partial charge in [0.2, 0.25) is 0 Å². The molecular weight excluding hydrogens is 319 g/mol. The first-order valence-corrected chi connectivity index (χ1v) is 9.75. The van der Waals surface area contributed by atoms with E-state index in [9.17, 15) is 4.79 Å². The van der Waals surface area contributed by atoms with Gasteiger partial charge in [0.1, 0.15) is 0 Å². The Labute approximate surface area is 151 Å². The van der Waals surface area contributed by atoms with E-state index >= 15 is 0 Å². The maximum atomic E-state index is 12.4. The average Bonchev–Trinajstić information content (AvgIpc) is 2.88. The molecule has 0 aromatic heterocycles. The molecule has 4 fully saturated rings. The first-order chi connectivity index (χ1) is 11.8. The number of ether oxygens (including phenoxy) is 1. The number of urea groups is 1. The first kappa shape index (κ1) is 17.6. The van der Waals surface area contributed by atoms with E-state index in [0.29, 0.717) is 23.6 Å². The number of likely N-dealkylation sites (tertiary alicyclic amines) is 1. The van der Waals surface area contributed by atoms with Gasteiger partial charge in [0.15, 0.2) is 0 Å². The molecule has 2 unspecified atom stereocenters. The van der Waals surface area contributed by atoms with Crippen LogP contribution in [0.5, 0.6) is 0 Å². The predicted molar refractivity (Wildman–Crippen MR) is 95.3 cm³/mol. The molecule has 7 heteroatoms. The summed E-state index contributed by atoms with van der Waals surface area (Å²) in [4.78, 5) is 14.3. The molecule has 1 saturated carbocycles. The molecule has 6 nitrogen and oxygen atoms in total. The quantitative estimate of drug-likeness (QED) is 0.793. The van der Waals surface area contributed by atoms with Gasteiger partial charge in [-0.25, -0.2) is 4.79 Å². The van der Waals surface area contributed by atoms with Crippen molar-refractivity contribution >= 4 is 13.1 Å². The molecule has 1 N–H and O–H groups in total. The van der Waals surface area contributed by atoms with E-state index in [0.717, 1.165) is 45.7 Å². The molecule has 0 spiro atoms. The number of nitrogens with one attached hydrogen (secondary N) is 1. The highest BCUT2D eigenvalue weighted by molar-refractivity contribution is 6.47. The number of hydrogen-bond donors (Lipinski definition) is 1. The topological polar surface area (TPSA) is 60.0 Å². The second kappa shape index (κ2) is 6.13. The summed E-state index contributed by atoms with van der Waals surface area (Å²) < 4.78 is 17.8. The highest BCUT2D eigenvalue weighted by atomic mass is 16.7. The van der Waals surface area contributed by atoms with Crippen LogP contribution >= 0.6 is 0 Å². The summed E-state index contributed by atoms with van der Waals surface area (Å²) in [5.41, 5.74) is -0.559. The number of fused-ring (bicyclic) bond motifs is 1. The van der Waals surface area contributed by atoms with E-state index < -0.39 is 0 Å². The lowest BCUT2D eigenvalue weighted by molar-refractivity contribution is 0.00578. The van der Waals surface area contributed by atoms with E-state index in [1.54, 1.807) is 0 Å². The van der Waals surface area contributed by atoms with Crippen LogP contribution in [-0.2, 0) is 14.0 Å². The molecule has 2 atom stereocenters. The van der Waals surface area contributed by atoms with Crippen LogP contribution in [0.4, 0.5) is 4.79 Å². The minimum absolute atomic E-state index is 0.0817. The Kier molecular flexibility index (Phi) is 4.32. The molecule has 4 rings (SSSR count). The average molecular weight is 350 g/mol. The third kappa shape index (κ3) is 3.19. The highest BCUT2D eigenvalue weighted by Crippen LogP contribution is 2.50. The number of rotatable bonds is 3. The van der Waals surface area contributed by atoms with Crippen LogP contribution in [-0.4, -0.2) is 62.1 Å². The third-order valence-corrected chi connectivity index (χ3v) is 7.10. The Morgan fingerprint density at radius 2 is 1.64 bits per heavy atom. The third-order valence-electron chi connectivity index (χ3n) is 7.10. The molecule has 140 valence electrons. The molecule has 2 amide bonds.